The third kappa shape index (κ3) is 3.69. The Hall–Kier alpha value is -2.49. The molecule has 0 aromatic heterocycles. The van der Waals surface area contributed by atoms with Gasteiger partial charge in [0, 0.05) is 17.5 Å². The Balaban J connectivity index is 2.54. The molecule has 1 heterocycles. The Morgan fingerprint density at radius 1 is 1.12 bits per heavy atom. The van der Waals surface area contributed by atoms with Gasteiger partial charge in [0.1, 0.15) is 5.92 Å². The lowest BCUT2D eigenvalue weighted by atomic mass is 9.79. The lowest BCUT2D eigenvalue weighted by molar-refractivity contribution is -0.134. The minimum absolute atomic E-state index is 0.263. The van der Waals surface area contributed by atoms with Crippen LogP contribution in [0.3, 0.4) is 0 Å². The molecule has 0 bridgehead atoms. The first-order valence-corrected chi connectivity index (χ1v) is 8.94. The van der Waals surface area contributed by atoms with Crippen LogP contribution in [0.25, 0.3) is 0 Å². The molecule has 1 saturated heterocycles. The van der Waals surface area contributed by atoms with Crippen LogP contribution >= 0.6 is 0 Å². The minimum atomic E-state index is -0.915. The quantitative estimate of drug-likeness (QED) is 0.336. The first-order chi connectivity index (χ1) is 12.2. The average Bonchev–Trinajstić information content (AvgIpc) is 2.85. The van der Waals surface area contributed by atoms with Crippen molar-refractivity contribution in [3.63, 3.8) is 0 Å². The van der Waals surface area contributed by atoms with Crippen LogP contribution in [0, 0.1) is 17.8 Å². The van der Waals surface area contributed by atoms with Crippen molar-refractivity contribution in [2.75, 3.05) is 0 Å². The molecule has 0 saturated carbocycles. The molecule has 2 amide bonds. The molecular formula is C22H27NO3. The van der Waals surface area contributed by atoms with Crippen LogP contribution in [0.15, 0.2) is 54.6 Å². The first-order valence-electron chi connectivity index (χ1n) is 8.94. The standard InChI is InChI=1S/C22H27NO3/c1-13(2)12-17-18(14(3)4)19(20(24)15(5)6)22(26)23(17)21(25)16-10-8-7-9-11-16/h7-11,13,17-19H,3,5,12H2,1-2,4,6H3/t17-,18-,19-/m0/s1. The summed E-state index contributed by atoms with van der Waals surface area (Å²) in [5.41, 5.74) is 1.51. The first kappa shape index (κ1) is 19.8. The third-order valence-corrected chi connectivity index (χ3v) is 4.83. The van der Waals surface area contributed by atoms with Crippen LogP contribution in [-0.4, -0.2) is 28.5 Å². The van der Waals surface area contributed by atoms with Crippen LogP contribution in [0.2, 0.25) is 0 Å². The molecule has 0 aliphatic carbocycles. The number of hydrogen-bond acceptors (Lipinski definition) is 3. The number of allylic oxidation sites excluding steroid dienone is 1. The van der Waals surface area contributed by atoms with Crippen LogP contribution in [0.1, 0.15) is 44.5 Å². The Kier molecular flexibility index (Phi) is 5.96. The smallest absolute Gasteiger partial charge is 0.260 e. The van der Waals surface area contributed by atoms with Gasteiger partial charge in [0.25, 0.3) is 5.91 Å². The summed E-state index contributed by atoms with van der Waals surface area (Å²) in [7, 11) is 0. The number of hydrogen-bond donors (Lipinski definition) is 0. The SMILES string of the molecule is C=C(C)C(=O)[C@H]1C(=O)N(C(=O)c2ccccc2)[C@@H](CC(C)C)[C@@H]1C(=C)C. The van der Waals surface area contributed by atoms with E-state index in [0.29, 0.717) is 17.6 Å². The van der Waals surface area contributed by atoms with E-state index in [2.05, 4.69) is 13.2 Å². The number of carbonyl (C=O) groups is 3. The minimum Gasteiger partial charge on any atom is -0.294 e. The lowest BCUT2D eigenvalue weighted by Crippen LogP contribution is -2.41. The molecule has 1 aromatic carbocycles. The van der Waals surface area contributed by atoms with Crippen molar-refractivity contribution in [2.45, 2.75) is 40.2 Å². The zero-order chi connectivity index (χ0) is 19.6. The van der Waals surface area contributed by atoms with E-state index in [0.717, 1.165) is 5.57 Å². The van der Waals surface area contributed by atoms with E-state index in [-0.39, 0.29) is 29.6 Å². The van der Waals surface area contributed by atoms with Crippen LogP contribution in [0.4, 0.5) is 0 Å². The van der Waals surface area contributed by atoms with E-state index in [1.54, 1.807) is 31.2 Å². The predicted molar refractivity (Wildman–Crippen MR) is 102 cm³/mol. The summed E-state index contributed by atoms with van der Waals surface area (Å²) in [6, 6.07) is 8.34. The van der Waals surface area contributed by atoms with Gasteiger partial charge in [-0.05, 0) is 43.9 Å². The van der Waals surface area contributed by atoms with Crippen molar-refractivity contribution in [2.24, 2.45) is 17.8 Å². The van der Waals surface area contributed by atoms with Crippen molar-refractivity contribution in [3.05, 3.63) is 60.2 Å². The highest BCUT2D eigenvalue weighted by Gasteiger charge is 2.53. The number of carbonyl (C=O) groups excluding carboxylic acids is 3. The van der Waals surface area contributed by atoms with Gasteiger partial charge in [-0.2, -0.15) is 0 Å². The van der Waals surface area contributed by atoms with Gasteiger partial charge >= 0.3 is 0 Å². The zero-order valence-electron chi connectivity index (χ0n) is 16.0. The van der Waals surface area contributed by atoms with Gasteiger partial charge in [0.2, 0.25) is 5.91 Å². The number of rotatable bonds is 6. The molecule has 1 aliphatic heterocycles. The fourth-order valence-corrected chi connectivity index (χ4v) is 3.71. The van der Waals surface area contributed by atoms with E-state index in [4.69, 9.17) is 0 Å². The molecule has 1 aromatic rings. The highest BCUT2D eigenvalue weighted by molar-refractivity contribution is 6.16. The van der Waals surface area contributed by atoms with E-state index in [9.17, 15) is 14.4 Å². The second kappa shape index (κ2) is 7.81. The Bertz CT molecular complexity index is 748. The third-order valence-electron chi connectivity index (χ3n) is 4.83. The van der Waals surface area contributed by atoms with Crippen LogP contribution in [0.5, 0.6) is 0 Å². The summed E-state index contributed by atoms with van der Waals surface area (Å²) >= 11 is 0. The molecule has 1 aliphatic rings. The number of benzene rings is 1. The number of Topliss-reactive ketones (excluding diaryl/α,β-unsaturated/α-hetero) is 1. The summed E-state index contributed by atoms with van der Waals surface area (Å²) in [6.45, 7) is 15.2. The second-order valence-corrected chi connectivity index (χ2v) is 7.57. The summed E-state index contributed by atoms with van der Waals surface area (Å²) in [5.74, 6) is -2.14. The molecule has 0 radical (unpaired) electrons. The summed E-state index contributed by atoms with van der Waals surface area (Å²) in [5, 5.41) is 0. The number of amides is 2. The predicted octanol–water partition coefficient (Wildman–Crippen LogP) is 4.04. The number of nitrogens with zero attached hydrogens (tertiary/aromatic N) is 1. The normalized spacial score (nSPS) is 22.6. The molecule has 0 N–H and O–H groups in total. The summed E-state index contributed by atoms with van der Waals surface area (Å²) in [6.07, 6.45) is 0.627. The Morgan fingerprint density at radius 3 is 2.15 bits per heavy atom. The van der Waals surface area contributed by atoms with Crippen molar-refractivity contribution in [1.82, 2.24) is 4.90 Å². The Morgan fingerprint density at radius 2 is 1.69 bits per heavy atom. The monoisotopic (exact) mass is 353 g/mol. The van der Waals surface area contributed by atoms with E-state index in [1.807, 2.05) is 26.8 Å². The molecule has 4 heteroatoms. The number of imide groups is 1. The second-order valence-electron chi connectivity index (χ2n) is 7.57. The fourth-order valence-electron chi connectivity index (χ4n) is 3.71. The molecule has 4 nitrogen and oxygen atoms in total. The van der Waals surface area contributed by atoms with Crippen LogP contribution < -0.4 is 0 Å². The highest BCUT2D eigenvalue weighted by Crippen LogP contribution is 2.40. The number of likely N-dealkylation sites (tertiary alicyclic amines) is 1. The average molecular weight is 353 g/mol. The summed E-state index contributed by atoms with van der Waals surface area (Å²) < 4.78 is 0. The molecule has 1 fully saturated rings. The van der Waals surface area contributed by atoms with Gasteiger partial charge in [-0.25, -0.2) is 0 Å². The maximum absolute atomic E-state index is 13.2. The van der Waals surface area contributed by atoms with Gasteiger partial charge in [-0.3, -0.25) is 19.3 Å². The van der Waals surface area contributed by atoms with Crippen molar-refractivity contribution < 1.29 is 14.4 Å². The molecule has 2 rings (SSSR count). The van der Waals surface area contributed by atoms with Gasteiger partial charge in [0.05, 0.1) is 0 Å². The maximum Gasteiger partial charge on any atom is 0.260 e. The zero-order valence-corrected chi connectivity index (χ0v) is 16.0. The maximum atomic E-state index is 13.2. The fraction of sp³-hybridized carbons (Fsp3) is 0.409. The van der Waals surface area contributed by atoms with Crippen molar-refractivity contribution in [3.8, 4) is 0 Å². The molecule has 0 unspecified atom stereocenters. The summed E-state index contributed by atoms with van der Waals surface area (Å²) in [4.78, 5) is 40.3. The molecule has 138 valence electrons. The number of ketones is 1. The highest BCUT2D eigenvalue weighted by atomic mass is 16.2. The largest absolute Gasteiger partial charge is 0.294 e. The Labute approximate surface area is 155 Å². The molecule has 3 atom stereocenters. The lowest BCUT2D eigenvalue weighted by Gasteiger charge is -2.29. The van der Waals surface area contributed by atoms with Gasteiger partial charge in [-0.1, -0.05) is 50.8 Å². The van der Waals surface area contributed by atoms with Gasteiger partial charge < -0.3 is 0 Å². The van der Waals surface area contributed by atoms with Crippen LogP contribution in [-0.2, 0) is 9.59 Å². The van der Waals surface area contributed by atoms with E-state index < -0.39 is 11.8 Å². The molecular weight excluding hydrogens is 326 g/mol. The molecule has 26 heavy (non-hydrogen) atoms. The van der Waals surface area contributed by atoms with Gasteiger partial charge in [-0.15, -0.1) is 0 Å². The van der Waals surface area contributed by atoms with E-state index in [1.165, 1.54) is 4.90 Å². The van der Waals surface area contributed by atoms with Gasteiger partial charge in [0.15, 0.2) is 5.78 Å². The molecule has 0 spiro atoms. The topological polar surface area (TPSA) is 54.5 Å². The van der Waals surface area contributed by atoms with Crippen molar-refractivity contribution in [1.29, 1.82) is 0 Å². The van der Waals surface area contributed by atoms with Crippen molar-refractivity contribution >= 4 is 17.6 Å². The van der Waals surface area contributed by atoms with E-state index >= 15 is 0 Å².